The molecule has 0 aliphatic carbocycles. The van der Waals surface area contributed by atoms with Crippen molar-refractivity contribution in [3.8, 4) is 0 Å². The van der Waals surface area contributed by atoms with Gasteiger partial charge in [0.2, 0.25) is 15.9 Å². The Bertz CT molecular complexity index is 805. The number of primary sulfonamides is 1. The van der Waals surface area contributed by atoms with Gasteiger partial charge in [0.1, 0.15) is 0 Å². The van der Waals surface area contributed by atoms with Crippen LogP contribution in [0.2, 0.25) is 0 Å². The third-order valence-electron chi connectivity index (χ3n) is 2.75. The Kier molecular flexibility index (Phi) is 6.63. The zero-order valence-electron chi connectivity index (χ0n) is 12.9. The fourth-order valence-corrected chi connectivity index (χ4v) is 5.18. The number of sulfonamides is 1. The second kappa shape index (κ2) is 8.30. The summed E-state index contributed by atoms with van der Waals surface area (Å²) < 4.78 is 24.0. The minimum atomic E-state index is -3.74. The highest BCUT2D eigenvalue weighted by Gasteiger charge is 2.17. The number of hydrogen-bond donors (Lipinski definition) is 2. The molecular formula is C13H16N4O3S4. The zero-order chi connectivity index (χ0) is 17.7. The molecule has 1 unspecified atom stereocenters. The van der Waals surface area contributed by atoms with Crippen molar-refractivity contribution in [2.24, 2.45) is 5.14 Å². The summed E-state index contributed by atoms with van der Waals surface area (Å²) >= 11 is 4.40. The maximum atomic E-state index is 12.2. The van der Waals surface area contributed by atoms with Crippen LogP contribution < -0.4 is 10.5 Å². The van der Waals surface area contributed by atoms with Gasteiger partial charge in [-0.1, -0.05) is 41.8 Å². The van der Waals surface area contributed by atoms with E-state index in [9.17, 15) is 13.2 Å². The van der Waals surface area contributed by atoms with Crippen molar-refractivity contribution >= 4 is 56.5 Å². The van der Waals surface area contributed by atoms with Crippen LogP contribution in [-0.4, -0.2) is 35.5 Å². The lowest BCUT2D eigenvalue weighted by Crippen LogP contribution is -2.22. The van der Waals surface area contributed by atoms with Gasteiger partial charge >= 0.3 is 0 Å². The van der Waals surface area contributed by atoms with Crippen molar-refractivity contribution < 1.29 is 13.2 Å². The van der Waals surface area contributed by atoms with E-state index in [1.807, 2.05) is 6.92 Å². The summed E-state index contributed by atoms with van der Waals surface area (Å²) in [5, 5.41) is 15.5. The first-order chi connectivity index (χ1) is 11.3. The van der Waals surface area contributed by atoms with Gasteiger partial charge in [0, 0.05) is 5.69 Å². The maximum Gasteiger partial charge on any atom is 0.238 e. The van der Waals surface area contributed by atoms with Gasteiger partial charge in [-0.25, -0.2) is 13.6 Å². The van der Waals surface area contributed by atoms with E-state index in [4.69, 9.17) is 5.14 Å². The molecule has 0 bridgehead atoms. The normalized spacial score (nSPS) is 12.8. The Labute approximate surface area is 152 Å². The molecule has 0 saturated carbocycles. The Morgan fingerprint density at radius 2 is 1.92 bits per heavy atom. The highest BCUT2D eigenvalue weighted by atomic mass is 32.2. The number of carbonyl (C=O) groups is 1. The van der Waals surface area contributed by atoms with Crippen molar-refractivity contribution in [1.82, 2.24) is 10.2 Å². The molecule has 1 amide bonds. The number of rotatable bonds is 7. The van der Waals surface area contributed by atoms with Crippen molar-refractivity contribution in [1.29, 1.82) is 0 Å². The van der Waals surface area contributed by atoms with Crippen LogP contribution in [0.3, 0.4) is 0 Å². The Morgan fingerprint density at radius 3 is 2.50 bits per heavy atom. The molecule has 2 aromatic rings. The van der Waals surface area contributed by atoms with E-state index in [1.54, 1.807) is 18.7 Å². The van der Waals surface area contributed by atoms with Crippen LogP contribution in [0.4, 0.5) is 5.69 Å². The monoisotopic (exact) mass is 404 g/mol. The third kappa shape index (κ3) is 5.45. The standard InChI is InChI=1S/C13H16N4O3S4/c1-3-21-12-16-17-13(23-12)22-8(2)11(18)15-9-4-6-10(7-5-9)24(14,19)20/h4-8H,3H2,1-2H3,(H,15,18)(H2,14,19,20). The number of thioether (sulfide) groups is 2. The molecule has 0 aliphatic rings. The number of hydrogen-bond acceptors (Lipinski definition) is 8. The van der Waals surface area contributed by atoms with Gasteiger partial charge in [-0.15, -0.1) is 10.2 Å². The second-order valence-electron chi connectivity index (χ2n) is 4.59. The Balaban J connectivity index is 1.95. The fraction of sp³-hybridized carbons (Fsp3) is 0.308. The lowest BCUT2D eigenvalue weighted by atomic mass is 10.3. The zero-order valence-corrected chi connectivity index (χ0v) is 16.2. The Morgan fingerprint density at radius 1 is 1.29 bits per heavy atom. The fourth-order valence-electron chi connectivity index (χ4n) is 1.60. The molecule has 0 saturated heterocycles. The summed E-state index contributed by atoms with van der Waals surface area (Å²) in [6, 6.07) is 5.69. The van der Waals surface area contributed by atoms with Gasteiger partial charge in [-0.3, -0.25) is 4.79 Å². The molecule has 0 spiro atoms. The average molecular weight is 405 g/mol. The minimum Gasteiger partial charge on any atom is -0.325 e. The maximum absolute atomic E-state index is 12.2. The molecule has 3 N–H and O–H groups in total. The van der Waals surface area contributed by atoms with Crippen LogP contribution >= 0.6 is 34.9 Å². The molecular weight excluding hydrogens is 388 g/mol. The Hall–Kier alpha value is -1.14. The van der Waals surface area contributed by atoms with Gasteiger partial charge < -0.3 is 5.32 Å². The van der Waals surface area contributed by atoms with Gasteiger partial charge in [0.15, 0.2) is 8.68 Å². The van der Waals surface area contributed by atoms with E-state index < -0.39 is 10.0 Å². The van der Waals surface area contributed by atoms with Crippen LogP contribution in [0.5, 0.6) is 0 Å². The van der Waals surface area contributed by atoms with Crippen LogP contribution in [0.15, 0.2) is 37.8 Å². The topological polar surface area (TPSA) is 115 Å². The molecule has 0 radical (unpaired) electrons. The van der Waals surface area contributed by atoms with Crippen LogP contribution in [0, 0.1) is 0 Å². The molecule has 2 rings (SSSR count). The summed E-state index contributed by atoms with van der Waals surface area (Å²) in [7, 11) is -3.74. The number of aromatic nitrogens is 2. The number of benzene rings is 1. The smallest absolute Gasteiger partial charge is 0.238 e. The summed E-state index contributed by atoms with van der Waals surface area (Å²) in [6.07, 6.45) is 0. The molecule has 1 aromatic heterocycles. The van der Waals surface area contributed by atoms with E-state index in [1.165, 1.54) is 47.4 Å². The number of nitrogens with zero attached hydrogens (tertiary/aromatic N) is 2. The average Bonchev–Trinajstić information content (AvgIpc) is 2.94. The van der Waals surface area contributed by atoms with Crippen LogP contribution in [0.25, 0.3) is 0 Å². The van der Waals surface area contributed by atoms with E-state index in [0.29, 0.717) is 5.69 Å². The molecule has 24 heavy (non-hydrogen) atoms. The molecule has 1 atom stereocenters. The third-order valence-corrected chi connectivity index (χ3v) is 6.81. The quantitative estimate of drug-likeness (QED) is 0.681. The molecule has 0 fully saturated rings. The molecule has 130 valence electrons. The number of nitrogens with two attached hydrogens (primary N) is 1. The van der Waals surface area contributed by atoms with Crippen molar-refractivity contribution in [2.75, 3.05) is 11.1 Å². The molecule has 7 nitrogen and oxygen atoms in total. The van der Waals surface area contributed by atoms with Crippen molar-refractivity contribution in [3.63, 3.8) is 0 Å². The second-order valence-corrected chi connectivity index (χ2v) is 10.2. The van der Waals surface area contributed by atoms with Gasteiger partial charge in [0.25, 0.3) is 0 Å². The van der Waals surface area contributed by atoms with Gasteiger partial charge in [-0.05, 0) is 36.9 Å². The van der Waals surface area contributed by atoms with Crippen LogP contribution in [0.1, 0.15) is 13.8 Å². The summed E-state index contributed by atoms with van der Waals surface area (Å²) in [6.45, 7) is 3.81. The molecule has 1 aromatic carbocycles. The summed E-state index contributed by atoms with van der Waals surface area (Å²) in [5.74, 6) is 0.715. The summed E-state index contributed by atoms with van der Waals surface area (Å²) in [5.41, 5.74) is 0.499. The highest BCUT2D eigenvalue weighted by Crippen LogP contribution is 2.31. The number of carbonyl (C=O) groups excluding carboxylic acids is 1. The lowest BCUT2D eigenvalue weighted by Gasteiger charge is -2.10. The predicted octanol–water partition coefficient (Wildman–Crippen LogP) is 2.42. The molecule has 0 aliphatic heterocycles. The summed E-state index contributed by atoms with van der Waals surface area (Å²) in [4.78, 5) is 12.2. The largest absolute Gasteiger partial charge is 0.325 e. The molecule has 11 heteroatoms. The van der Waals surface area contributed by atoms with Crippen molar-refractivity contribution in [2.45, 2.75) is 32.7 Å². The van der Waals surface area contributed by atoms with Crippen LogP contribution in [-0.2, 0) is 14.8 Å². The van der Waals surface area contributed by atoms with E-state index in [2.05, 4.69) is 15.5 Å². The SMILES string of the molecule is CCSc1nnc(SC(C)C(=O)Nc2ccc(S(N)(=O)=O)cc2)s1. The first-order valence-corrected chi connectivity index (χ1v) is 11.1. The van der Waals surface area contributed by atoms with Gasteiger partial charge in [0.05, 0.1) is 10.1 Å². The minimum absolute atomic E-state index is 0.00210. The number of amides is 1. The van der Waals surface area contributed by atoms with E-state index in [-0.39, 0.29) is 16.1 Å². The van der Waals surface area contributed by atoms with Crippen molar-refractivity contribution in [3.05, 3.63) is 24.3 Å². The van der Waals surface area contributed by atoms with Gasteiger partial charge in [-0.2, -0.15) is 0 Å². The highest BCUT2D eigenvalue weighted by molar-refractivity contribution is 8.03. The van der Waals surface area contributed by atoms with E-state index in [0.717, 1.165) is 14.4 Å². The number of nitrogens with one attached hydrogen (secondary N) is 1. The predicted molar refractivity (Wildman–Crippen MR) is 98.1 cm³/mol. The number of anilines is 1. The first kappa shape index (κ1) is 19.2. The lowest BCUT2D eigenvalue weighted by molar-refractivity contribution is -0.115. The van der Waals surface area contributed by atoms with E-state index >= 15 is 0 Å². The molecule has 1 heterocycles. The first-order valence-electron chi connectivity index (χ1n) is 6.86.